The van der Waals surface area contributed by atoms with Crippen LogP contribution < -0.4 is 0 Å². The molecule has 0 aromatic rings. The van der Waals surface area contributed by atoms with Crippen molar-refractivity contribution in [1.82, 2.24) is 0 Å². The molecule has 0 heterocycles. The number of carboxylic acid groups (broad SMARTS) is 1. The number of quaternary nitrogens is 1. The average molecular weight is 446 g/mol. The number of hydrogen-bond donors (Lipinski definition) is 1. The highest BCUT2D eigenvalue weighted by Crippen LogP contribution is 2.14. The summed E-state index contributed by atoms with van der Waals surface area (Å²) in [5.41, 5.74) is 0. The van der Waals surface area contributed by atoms with Gasteiger partial charge >= 0.3 is 11.9 Å². The average Bonchev–Trinajstić information content (AvgIpc) is 2.71. The number of rotatable bonds is 22. The smallest absolute Gasteiger partial charge is 0.307 e. The number of nitrogens with zero attached hydrogens (tertiary/aromatic N) is 1. The summed E-state index contributed by atoms with van der Waals surface area (Å²) >= 11 is 0. The van der Waals surface area contributed by atoms with Gasteiger partial charge in [0.1, 0.15) is 6.54 Å². The van der Waals surface area contributed by atoms with Crippen LogP contribution in [0.25, 0.3) is 0 Å². The Hall–Kier alpha value is -1.10. The molecule has 0 bridgehead atoms. The number of likely N-dealkylation sites (N-methyl/N-ethyl adjacent to an activating group) is 1. The van der Waals surface area contributed by atoms with Crippen molar-refractivity contribution in [2.75, 3.05) is 27.6 Å². The molecule has 0 aliphatic carbocycles. The molecule has 5 heteroatoms. The van der Waals surface area contributed by atoms with Gasteiger partial charge in [0, 0.05) is 6.42 Å². The lowest BCUT2D eigenvalue weighted by atomic mass is 10.0. The van der Waals surface area contributed by atoms with Crippen molar-refractivity contribution in [3.63, 3.8) is 0 Å². The molecule has 1 atom stereocenters. The van der Waals surface area contributed by atoms with E-state index in [0.29, 0.717) is 6.42 Å². The predicted octanol–water partition coefficient (Wildman–Crippen LogP) is 6.73. The molecular formula is C26H52NO4+. The molecule has 0 spiro atoms. The van der Waals surface area contributed by atoms with E-state index in [1.807, 2.05) is 0 Å². The maximum Gasteiger partial charge on any atom is 0.307 e. The molecule has 0 amide bonds. The maximum atomic E-state index is 12.2. The third-order valence-electron chi connectivity index (χ3n) is 5.59. The van der Waals surface area contributed by atoms with Crippen LogP contribution in [0.3, 0.4) is 0 Å². The first-order valence-corrected chi connectivity index (χ1v) is 12.7. The van der Waals surface area contributed by atoms with Crippen LogP contribution >= 0.6 is 0 Å². The first-order chi connectivity index (χ1) is 16.0. The number of carbonyl (C=O) groups excluding carboxylic acids is 1. The number of aliphatic carboxylic acids is 1. The molecule has 0 fully saturated rings. The Morgan fingerprint density at radius 2 is 1.23 bits per heavy atom. The Bertz CT molecular complexity index is 539. The first-order valence-electron chi connectivity index (χ1n) is 14.2. The van der Waals surface area contributed by atoms with E-state index in [1.165, 1.54) is 97.6 Å². The summed E-state index contributed by atoms with van der Waals surface area (Å²) in [6.45, 7) is -0.114. The number of carbonyl (C=O) groups is 2. The van der Waals surface area contributed by atoms with Crippen molar-refractivity contribution >= 4 is 11.9 Å². The molecule has 0 aliphatic rings. The summed E-state index contributed by atoms with van der Waals surface area (Å²) in [7, 11) is 2.98. The van der Waals surface area contributed by atoms with E-state index >= 15 is 0 Å². The third-order valence-corrected chi connectivity index (χ3v) is 5.59. The van der Waals surface area contributed by atoms with Gasteiger partial charge in [-0.2, -0.15) is 0 Å². The first kappa shape index (κ1) is 24.5. The van der Waals surface area contributed by atoms with Crippen molar-refractivity contribution in [3.05, 3.63) is 0 Å². The van der Waals surface area contributed by atoms with Crippen LogP contribution in [-0.4, -0.2) is 55.2 Å². The Morgan fingerprint density at radius 3 is 1.61 bits per heavy atom. The van der Waals surface area contributed by atoms with Gasteiger partial charge in [-0.1, -0.05) is 103 Å². The van der Waals surface area contributed by atoms with E-state index in [0.717, 1.165) is 12.8 Å². The van der Waals surface area contributed by atoms with Crippen LogP contribution in [0.2, 0.25) is 0 Å². The second kappa shape index (κ2) is 19.6. The Labute approximate surface area is 196 Å². The van der Waals surface area contributed by atoms with Crippen LogP contribution in [0, 0.1) is 0 Å². The fourth-order valence-corrected chi connectivity index (χ4v) is 3.91. The van der Waals surface area contributed by atoms with E-state index in [-0.39, 0.29) is 19.4 Å². The van der Waals surface area contributed by atoms with E-state index in [4.69, 9.17) is 14.0 Å². The van der Waals surface area contributed by atoms with Crippen molar-refractivity contribution in [2.24, 2.45) is 0 Å². The normalized spacial score (nSPS) is 14.5. The third kappa shape index (κ3) is 23.4. The molecule has 0 saturated heterocycles. The van der Waals surface area contributed by atoms with Crippen molar-refractivity contribution < 1.29 is 28.0 Å². The Kier molecular flexibility index (Phi) is 15.5. The van der Waals surface area contributed by atoms with Gasteiger partial charge in [-0.05, 0) is 6.42 Å². The molecule has 0 aromatic carbocycles. The Balaban J connectivity index is 3.78. The molecule has 1 N–H and O–H groups in total. The molecule has 0 saturated carbocycles. The number of hydrogen-bond acceptors (Lipinski definition) is 3. The topological polar surface area (TPSA) is 63.6 Å². The summed E-state index contributed by atoms with van der Waals surface area (Å²) in [5, 5.41) is 9.08. The van der Waals surface area contributed by atoms with Gasteiger partial charge in [0.25, 0.3) is 0 Å². The van der Waals surface area contributed by atoms with Crippen LogP contribution in [0.5, 0.6) is 0 Å². The number of esters is 1. The highest BCUT2D eigenvalue weighted by molar-refractivity contribution is 5.71. The van der Waals surface area contributed by atoms with Crippen LogP contribution in [0.15, 0.2) is 0 Å². The highest BCUT2D eigenvalue weighted by Gasteiger charge is 2.24. The fourth-order valence-electron chi connectivity index (χ4n) is 3.91. The largest absolute Gasteiger partial charge is 0.481 e. The van der Waals surface area contributed by atoms with Crippen molar-refractivity contribution in [2.45, 2.75) is 129 Å². The van der Waals surface area contributed by atoms with Gasteiger partial charge in [-0.25, -0.2) is 0 Å². The summed E-state index contributed by atoms with van der Waals surface area (Å²) in [6, 6.07) is 0. The van der Waals surface area contributed by atoms with Crippen molar-refractivity contribution in [3.8, 4) is 0 Å². The summed E-state index contributed by atoms with van der Waals surface area (Å²) in [4.78, 5) is 23.3. The van der Waals surface area contributed by atoms with E-state index in [1.54, 1.807) is 0 Å². The van der Waals surface area contributed by atoms with Gasteiger partial charge in [0.15, 0.2) is 6.10 Å². The molecule has 0 aliphatic heterocycles. The molecule has 0 aromatic heterocycles. The summed E-state index contributed by atoms with van der Waals surface area (Å²) < 4.78 is 27.7. The van der Waals surface area contributed by atoms with Gasteiger partial charge < -0.3 is 14.3 Å². The standard InChI is InChI=1S/C26H51NO4/c1-5-6-7-8-9-10-11-12-13-14-15-16-17-18-19-20-21-26(30)31-24(22-25(28)29)23-27(2,3)4/h24H,5-23H2,1-4H3/p+1/t24-/m1/s1/i2D3. The zero-order chi connectivity index (χ0) is 25.9. The molecule has 0 unspecified atom stereocenters. The second-order valence-corrected chi connectivity index (χ2v) is 9.63. The zero-order valence-corrected chi connectivity index (χ0v) is 20.6. The van der Waals surface area contributed by atoms with E-state index in [2.05, 4.69) is 6.92 Å². The van der Waals surface area contributed by atoms with Crippen LogP contribution in [-0.2, 0) is 14.3 Å². The van der Waals surface area contributed by atoms with Gasteiger partial charge in [0.05, 0.1) is 31.6 Å². The minimum absolute atomic E-state index is 0.0620. The minimum Gasteiger partial charge on any atom is -0.481 e. The molecule has 0 rings (SSSR count). The van der Waals surface area contributed by atoms with E-state index < -0.39 is 29.5 Å². The lowest BCUT2D eigenvalue weighted by Crippen LogP contribution is -2.43. The SMILES string of the molecule is [2H]C([2H])([2H])[N+](C)(C)C[C@@H](CC(=O)O)OC(=O)CCCCCCCCCCCCCCCCCC. The summed E-state index contributed by atoms with van der Waals surface area (Å²) in [5.74, 6) is -1.55. The molecule has 5 nitrogen and oxygen atoms in total. The number of ether oxygens (including phenoxy) is 1. The Morgan fingerprint density at radius 1 is 0.806 bits per heavy atom. The molecule has 31 heavy (non-hydrogen) atoms. The van der Waals surface area contributed by atoms with Gasteiger partial charge in [-0.15, -0.1) is 0 Å². The fraction of sp³-hybridized carbons (Fsp3) is 0.923. The second-order valence-electron chi connectivity index (χ2n) is 9.63. The zero-order valence-electron chi connectivity index (χ0n) is 23.6. The monoisotopic (exact) mass is 445 g/mol. The number of carboxylic acids is 1. The maximum absolute atomic E-state index is 12.2. The molecule has 184 valence electrons. The molecule has 0 radical (unpaired) electrons. The van der Waals surface area contributed by atoms with Crippen molar-refractivity contribution in [1.29, 1.82) is 0 Å². The lowest BCUT2D eigenvalue weighted by Gasteiger charge is -2.28. The number of unbranched alkanes of at least 4 members (excludes halogenated alkanes) is 15. The van der Waals surface area contributed by atoms with Crippen LogP contribution in [0.1, 0.15) is 127 Å². The van der Waals surface area contributed by atoms with Crippen LogP contribution in [0.4, 0.5) is 0 Å². The molecular weight excluding hydrogens is 390 g/mol. The highest BCUT2D eigenvalue weighted by atomic mass is 16.5. The summed E-state index contributed by atoms with van der Waals surface area (Å²) in [6.07, 6.45) is 19.1. The quantitative estimate of drug-likeness (QED) is 0.114. The van der Waals surface area contributed by atoms with Gasteiger partial charge in [-0.3, -0.25) is 9.59 Å². The van der Waals surface area contributed by atoms with Gasteiger partial charge in [0.2, 0.25) is 0 Å². The van der Waals surface area contributed by atoms with E-state index in [9.17, 15) is 9.59 Å². The minimum atomic E-state index is -2.31. The predicted molar refractivity (Wildman–Crippen MR) is 129 cm³/mol. The lowest BCUT2D eigenvalue weighted by molar-refractivity contribution is -0.873.